The Morgan fingerprint density at radius 2 is 2.03 bits per heavy atom. The Morgan fingerprint density at radius 1 is 1.17 bits per heavy atom. The molecule has 1 amide bonds. The minimum Gasteiger partial charge on any atom is -0.349 e. The second-order valence-corrected chi connectivity index (χ2v) is 8.49. The number of amides is 1. The van der Waals surface area contributed by atoms with E-state index in [1.54, 1.807) is 47.7 Å². The Hall–Kier alpha value is -3.53. The van der Waals surface area contributed by atoms with Crippen molar-refractivity contribution in [1.29, 1.82) is 0 Å². The summed E-state index contributed by atoms with van der Waals surface area (Å²) in [5, 5.41) is 0.993. The van der Waals surface area contributed by atoms with Crippen LogP contribution in [-0.2, 0) is 6.54 Å². The first-order chi connectivity index (χ1) is 14.5. The molecule has 1 aliphatic heterocycles. The molecular formula is C20H19N7O2S. The van der Waals surface area contributed by atoms with Crippen molar-refractivity contribution in [1.82, 2.24) is 29.4 Å². The van der Waals surface area contributed by atoms with Gasteiger partial charge >= 0.3 is 5.69 Å². The molecule has 0 saturated carbocycles. The highest BCUT2D eigenvalue weighted by molar-refractivity contribution is 7.11. The smallest absolute Gasteiger partial charge is 0.333 e. The van der Waals surface area contributed by atoms with E-state index >= 15 is 0 Å². The van der Waals surface area contributed by atoms with Gasteiger partial charge in [0.1, 0.15) is 11.6 Å². The zero-order valence-electron chi connectivity index (χ0n) is 16.5. The number of likely N-dealkylation sites (N-methyl/N-ethyl adjacent to an activating group) is 1. The predicted molar refractivity (Wildman–Crippen MR) is 114 cm³/mol. The van der Waals surface area contributed by atoms with Gasteiger partial charge in [0.2, 0.25) is 0 Å². The Labute approximate surface area is 175 Å². The molecule has 0 atom stereocenters. The zero-order valence-corrected chi connectivity index (χ0v) is 17.3. The van der Waals surface area contributed by atoms with Crippen LogP contribution in [0.4, 0.5) is 5.82 Å². The number of aromatic amines is 1. The predicted octanol–water partition coefficient (Wildman–Crippen LogP) is 1.97. The van der Waals surface area contributed by atoms with Crippen LogP contribution in [-0.4, -0.2) is 55.4 Å². The Kier molecular flexibility index (Phi) is 4.35. The number of pyridine rings is 2. The standard InChI is InChI=1S/C20H19N7O2S/c1-12-22-10-13(30-12)11-26-9-8-25(2)19(28)14-5-6-16(23-18(14)26)27-15-4-3-7-21-17(15)24-20(27)29/h3-7,10H,8-9,11H2,1-2H3,(H,21,24,29). The van der Waals surface area contributed by atoms with Gasteiger partial charge in [-0.25, -0.2) is 24.3 Å². The molecule has 1 aliphatic rings. The van der Waals surface area contributed by atoms with Crippen molar-refractivity contribution in [2.75, 3.05) is 25.0 Å². The summed E-state index contributed by atoms with van der Waals surface area (Å²) in [6, 6.07) is 7.03. The molecule has 10 heteroatoms. The second kappa shape index (κ2) is 7.06. The third-order valence-corrected chi connectivity index (χ3v) is 6.04. The monoisotopic (exact) mass is 421 g/mol. The van der Waals surface area contributed by atoms with Crippen LogP contribution in [0.25, 0.3) is 17.0 Å². The van der Waals surface area contributed by atoms with E-state index in [0.29, 0.717) is 48.0 Å². The van der Waals surface area contributed by atoms with Crippen molar-refractivity contribution >= 4 is 34.2 Å². The van der Waals surface area contributed by atoms with Gasteiger partial charge in [-0.1, -0.05) is 0 Å². The van der Waals surface area contributed by atoms with Crippen LogP contribution in [0.5, 0.6) is 0 Å². The molecule has 0 aromatic carbocycles. The number of nitrogens with one attached hydrogen (secondary N) is 1. The van der Waals surface area contributed by atoms with Crippen molar-refractivity contribution in [3.63, 3.8) is 0 Å². The van der Waals surface area contributed by atoms with E-state index in [0.717, 1.165) is 9.88 Å². The molecule has 9 nitrogen and oxygen atoms in total. The number of fused-ring (bicyclic) bond motifs is 2. The molecule has 30 heavy (non-hydrogen) atoms. The average molecular weight is 421 g/mol. The summed E-state index contributed by atoms with van der Waals surface area (Å²) in [7, 11) is 1.79. The van der Waals surface area contributed by atoms with E-state index in [2.05, 4.69) is 19.9 Å². The fraction of sp³-hybridized carbons (Fsp3) is 0.250. The van der Waals surface area contributed by atoms with Crippen molar-refractivity contribution in [3.05, 3.63) is 62.6 Å². The molecule has 4 aromatic rings. The third kappa shape index (κ3) is 3.05. The number of anilines is 1. The summed E-state index contributed by atoms with van der Waals surface area (Å²) < 4.78 is 1.48. The number of thiazole rings is 1. The minimum absolute atomic E-state index is 0.0834. The van der Waals surface area contributed by atoms with Crippen LogP contribution in [0.15, 0.2) is 41.5 Å². The van der Waals surface area contributed by atoms with E-state index in [9.17, 15) is 9.59 Å². The SMILES string of the molecule is Cc1ncc(CN2CCN(C)C(=O)c3ccc(-n4c(=O)[nH]c5ncccc54)nc32)s1. The van der Waals surface area contributed by atoms with Crippen LogP contribution in [0.2, 0.25) is 0 Å². The first-order valence-electron chi connectivity index (χ1n) is 9.50. The number of aromatic nitrogens is 5. The molecule has 0 unspecified atom stereocenters. The number of aryl methyl sites for hydroxylation is 1. The van der Waals surface area contributed by atoms with E-state index in [-0.39, 0.29) is 11.6 Å². The lowest BCUT2D eigenvalue weighted by atomic mass is 10.2. The normalized spacial score (nSPS) is 14.3. The number of imidazole rings is 1. The van der Waals surface area contributed by atoms with Gasteiger partial charge in [-0.3, -0.25) is 9.78 Å². The van der Waals surface area contributed by atoms with Crippen molar-refractivity contribution in [2.45, 2.75) is 13.5 Å². The lowest BCUT2D eigenvalue weighted by molar-refractivity contribution is 0.0804. The summed E-state index contributed by atoms with van der Waals surface area (Å²) in [6.45, 7) is 3.78. The molecule has 0 fully saturated rings. The van der Waals surface area contributed by atoms with Gasteiger partial charge in [0.05, 0.1) is 22.6 Å². The first kappa shape index (κ1) is 18.5. The summed E-state index contributed by atoms with van der Waals surface area (Å²) in [5.41, 5.74) is 1.33. The summed E-state index contributed by atoms with van der Waals surface area (Å²) in [4.78, 5) is 46.4. The van der Waals surface area contributed by atoms with Gasteiger partial charge in [-0.05, 0) is 31.2 Å². The zero-order chi connectivity index (χ0) is 20.8. The highest BCUT2D eigenvalue weighted by Gasteiger charge is 2.27. The van der Waals surface area contributed by atoms with Gasteiger partial charge in [0.15, 0.2) is 5.65 Å². The van der Waals surface area contributed by atoms with E-state index in [1.165, 1.54) is 4.57 Å². The minimum atomic E-state index is -0.321. The second-order valence-electron chi connectivity index (χ2n) is 7.17. The lowest BCUT2D eigenvalue weighted by Gasteiger charge is -2.22. The maximum atomic E-state index is 12.9. The Morgan fingerprint density at radius 3 is 2.83 bits per heavy atom. The average Bonchev–Trinajstić information content (AvgIpc) is 3.28. The number of nitrogens with zero attached hydrogens (tertiary/aromatic N) is 6. The maximum absolute atomic E-state index is 12.9. The Bertz CT molecular complexity index is 1320. The number of carbonyl (C=O) groups is 1. The highest BCUT2D eigenvalue weighted by atomic mass is 32.1. The fourth-order valence-electron chi connectivity index (χ4n) is 3.64. The molecule has 5 heterocycles. The number of rotatable bonds is 3. The molecule has 152 valence electrons. The number of hydrogen-bond donors (Lipinski definition) is 1. The van der Waals surface area contributed by atoms with Gasteiger partial charge in [0, 0.05) is 37.4 Å². The summed E-state index contributed by atoms with van der Waals surface area (Å²) >= 11 is 1.62. The van der Waals surface area contributed by atoms with Crippen LogP contribution in [0.3, 0.4) is 0 Å². The van der Waals surface area contributed by atoms with Gasteiger partial charge < -0.3 is 9.80 Å². The summed E-state index contributed by atoms with van der Waals surface area (Å²) in [6.07, 6.45) is 3.48. The molecule has 1 N–H and O–H groups in total. The van der Waals surface area contributed by atoms with Crippen LogP contribution in [0.1, 0.15) is 20.2 Å². The molecule has 4 aromatic heterocycles. The molecule has 0 radical (unpaired) electrons. The topological polar surface area (TPSA) is 100 Å². The molecule has 0 aliphatic carbocycles. The Balaban J connectivity index is 1.65. The molecule has 5 rings (SSSR count). The molecule has 0 saturated heterocycles. The van der Waals surface area contributed by atoms with E-state index < -0.39 is 0 Å². The lowest BCUT2D eigenvalue weighted by Crippen LogP contribution is -2.31. The quantitative estimate of drug-likeness (QED) is 0.543. The van der Waals surface area contributed by atoms with Crippen molar-refractivity contribution < 1.29 is 4.79 Å². The molecule has 0 spiro atoms. The largest absolute Gasteiger partial charge is 0.349 e. The summed E-state index contributed by atoms with van der Waals surface area (Å²) in [5.74, 6) is 0.929. The van der Waals surface area contributed by atoms with Crippen LogP contribution >= 0.6 is 11.3 Å². The van der Waals surface area contributed by atoms with Crippen molar-refractivity contribution in [3.8, 4) is 5.82 Å². The maximum Gasteiger partial charge on any atom is 0.333 e. The van der Waals surface area contributed by atoms with E-state index in [1.807, 2.05) is 19.2 Å². The first-order valence-corrected chi connectivity index (χ1v) is 10.3. The highest BCUT2D eigenvalue weighted by Crippen LogP contribution is 2.27. The number of H-pyrrole nitrogens is 1. The fourth-order valence-corrected chi connectivity index (χ4v) is 4.45. The number of carbonyl (C=O) groups excluding carboxylic acids is 1. The molecular weight excluding hydrogens is 402 g/mol. The third-order valence-electron chi connectivity index (χ3n) is 5.14. The van der Waals surface area contributed by atoms with Gasteiger partial charge in [-0.15, -0.1) is 11.3 Å². The van der Waals surface area contributed by atoms with Gasteiger partial charge in [-0.2, -0.15) is 0 Å². The van der Waals surface area contributed by atoms with Crippen LogP contribution < -0.4 is 10.6 Å². The van der Waals surface area contributed by atoms with Gasteiger partial charge in [0.25, 0.3) is 5.91 Å². The van der Waals surface area contributed by atoms with E-state index in [4.69, 9.17) is 4.98 Å². The van der Waals surface area contributed by atoms with Crippen LogP contribution in [0, 0.1) is 6.92 Å². The van der Waals surface area contributed by atoms with Crippen molar-refractivity contribution in [2.24, 2.45) is 0 Å². The number of hydrogen-bond acceptors (Lipinski definition) is 7. The molecule has 0 bridgehead atoms.